The minimum Gasteiger partial charge on any atom is -0.454 e. The molecule has 0 unspecified atom stereocenters. The lowest BCUT2D eigenvalue weighted by atomic mass is 10.2. The van der Waals surface area contributed by atoms with Gasteiger partial charge in [0.2, 0.25) is 6.79 Å². The van der Waals surface area contributed by atoms with Gasteiger partial charge < -0.3 is 20.1 Å². The molecule has 2 N–H and O–H groups in total. The van der Waals surface area contributed by atoms with Gasteiger partial charge in [0.1, 0.15) is 5.69 Å². The molecule has 4 rings (SSSR count). The highest BCUT2D eigenvalue weighted by Crippen LogP contribution is 2.35. The van der Waals surface area contributed by atoms with Crippen LogP contribution in [0.25, 0.3) is 0 Å². The Kier molecular flexibility index (Phi) is 3.07. The quantitative estimate of drug-likeness (QED) is 0.907. The molecule has 1 aliphatic heterocycles. The largest absolute Gasteiger partial charge is 0.454 e. The van der Waals surface area contributed by atoms with Crippen LogP contribution < -0.4 is 20.1 Å². The first kappa shape index (κ1) is 12.9. The number of nitrogens with one attached hydrogen (secondary N) is 2. The second-order valence-corrected chi connectivity index (χ2v) is 5.37. The van der Waals surface area contributed by atoms with Gasteiger partial charge in [0.15, 0.2) is 11.5 Å². The highest BCUT2D eigenvalue weighted by atomic mass is 16.7. The molecule has 2 aromatic rings. The average Bonchev–Trinajstić information content (AvgIpc) is 3.22. The number of hydrogen-bond donors (Lipinski definition) is 2. The van der Waals surface area contributed by atoms with Crippen LogP contribution in [0.15, 0.2) is 36.5 Å². The molecule has 1 amide bonds. The van der Waals surface area contributed by atoms with Crippen molar-refractivity contribution in [1.29, 1.82) is 0 Å². The van der Waals surface area contributed by atoms with Crippen molar-refractivity contribution >= 4 is 17.3 Å². The Morgan fingerprint density at radius 1 is 1.09 bits per heavy atom. The van der Waals surface area contributed by atoms with E-state index >= 15 is 0 Å². The van der Waals surface area contributed by atoms with Crippen molar-refractivity contribution < 1.29 is 14.3 Å². The number of carbonyl (C=O) groups is 1. The lowest BCUT2D eigenvalue weighted by Gasteiger charge is -2.09. The molecule has 6 heteroatoms. The molecular weight excluding hydrogens is 282 g/mol. The van der Waals surface area contributed by atoms with Crippen molar-refractivity contribution in [3.63, 3.8) is 0 Å². The smallest absolute Gasteiger partial charge is 0.270 e. The van der Waals surface area contributed by atoms with Crippen LogP contribution in [0, 0.1) is 0 Å². The molecule has 1 aliphatic carbocycles. The van der Waals surface area contributed by atoms with Crippen LogP contribution in [0.3, 0.4) is 0 Å². The van der Waals surface area contributed by atoms with Gasteiger partial charge in [0.05, 0.1) is 0 Å². The third kappa shape index (κ3) is 2.67. The lowest BCUT2D eigenvalue weighted by molar-refractivity contribution is 0.0946. The second kappa shape index (κ2) is 5.22. The Labute approximate surface area is 127 Å². The standard InChI is InChI=1S/C16H15N3O3/c20-16(19-10-1-2-10)13-7-12(5-6-17-13)18-11-3-4-14-15(8-11)22-9-21-14/h3-8,10H,1-2,9H2,(H,17,18)(H,19,20). The van der Waals surface area contributed by atoms with Gasteiger partial charge in [-0.1, -0.05) is 0 Å². The molecule has 112 valence electrons. The van der Waals surface area contributed by atoms with E-state index < -0.39 is 0 Å². The monoisotopic (exact) mass is 297 g/mol. The van der Waals surface area contributed by atoms with Crippen LogP contribution in [0.5, 0.6) is 11.5 Å². The first-order chi connectivity index (χ1) is 10.8. The highest BCUT2D eigenvalue weighted by molar-refractivity contribution is 5.93. The summed E-state index contributed by atoms with van der Waals surface area (Å²) in [7, 11) is 0. The molecule has 2 heterocycles. The maximum absolute atomic E-state index is 12.0. The minimum absolute atomic E-state index is 0.128. The Hall–Kier alpha value is -2.76. The zero-order valence-electron chi connectivity index (χ0n) is 11.8. The molecule has 0 atom stereocenters. The van der Waals surface area contributed by atoms with Gasteiger partial charge in [-0.15, -0.1) is 0 Å². The normalized spacial score (nSPS) is 15.5. The number of rotatable bonds is 4. The van der Waals surface area contributed by atoms with E-state index in [4.69, 9.17) is 9.47 Å². The van der Waals surface area contributed by atoms with E-state index in [1.165, 1.54) is 0 Å². The molecule has 0 saturated heterocycles. The number of pyridine rings is 1. The third-order valence-electron chi connectivity index (χ3n) is 3.57. The third-order valence-corrected chi connectivity index (χ3v) is 3.57. The highest BCUT2D eigenvalue weighted by Gasteiger charge is 2.24. The number of fused-ring (bicyclic) bond motifs is 1. The maximum Gasteiger partial charge on any atom is 0.270 e. The van der Waals surface area contributed by atoms with E-state index in [-0.39, 0.29) is 12.7 Å². The van der Waals surface area contributed by atoms with E-state index in [0.717, 1.165) is 30.0 Å². The summed E-state index contributed by atoms with van der Waals surface area (Å²) in [6, 6.07) is 9.50. The van der Waals surface area contributed by atoms with Gasteiger partial charge >= 0.3 is 0 Å². The number of benzene rings is 1. The molecule has 1 saturated carbocycles. The molecule has 1 fully saturated rings. The number of nitrogens with zero attached hydrogens (tertiary/aromatic N) is 1. The van der Waals surface area contributed by atoms with Crippen molar-refractivity contribution in [2.24, 2.45) is 0 Å². The summed E-state index contributed by atoms with van der Waals surface area (Å²) in [5.74, 6) is 1.33. The summed E-state index contributed by atoms with van der Waals surface area (Å²) >= 11 is 0. The summed E-state index contributed by atoms with van der Waals surface area (Å²) in [6.07, 6.45) is 3.73. The second-order valence-electron chi connectivity index (χ2n) is 5.37. The Bertz CT molecular complexity index is 728. The van der Waals surface area contributed by atoms with E-state index in [1.807, 2.05) is 24.3 Å². The molecule has 0 spiro atoms. The number of anilines is 2. The van der Waals surface area contributed by atoms with Gasteiger partial charge in [-0.05, 0) is 37.1 Å². The van der Waals surface area contributed by atoms with Crippen LogP contribution in [0.2, 0.25) is 0 Å². The molecule has 1 aromatic carbocycles. The van der Waals surface area contributed by atoms with Gasteiger partial charge in [-0.25, -0.2) is 0 Å². The fourth-order valence-corrected chi connectivity index (χ4v) is 2.26. The van der Waals surface area contributed by atoms with E-state index in [2.05, 4.69) is 15.6 Å². The topological polar surface area (TPSA) is 72.5 Å². The Morgan fingerprint density at radius 2 is 1.91 bits per heavy atom. The zero-order chi connectivity index (χ0) is 14.9. The van der Waals surface area contributed by atoms with E-state index in [1.54, 1.807) is 12.3 Å². The fourth-order valence-electron chi connectivity index (χ4n) is 2.26. The van der Waals surface area contributed by atoms with Crippen LogP contribution in [0.1, 0.15) is 23.3 Å². The van der Waals surface area contributed by atoms with Crippen LogP contribution in [0.4, 0.5) is 11.4 Å². The fraction of sp³-hybridized carbons (Fsp3) is 0.250. The number of aromatic nitrogens is 1. The number of hydrogen-bond acceptors (Lipinski definition) is 5. The van der Waals surface area contributed by atoms with Crippen molar-refractivity contribution in [3.8, 4) is 11.5 Å². The summed E-state index contributed by atoms with van der Waals surface area (Å²) in [6.45, 7) is 0.250. The molecular formula is C16H15N3O3. The van der Waals surface area contributed by atoms with Gasteiger partial charge in [0.25, 0.3) is 5.91 Å². The Balaban J connectivity index is 1.51. The summed E-state index contributed by atoms with van der Waals surface area (Å²) < 4.78 is 10.6. The van der Waals surface area contributed by atoms with Crippen LogP contribution in [-0.4, -0.2) is 23.7 Å². The molecule has 2 aliphatic rings. The van der Waals surface area contributed by atoms with Crippen LogP contribution >= 0.6 is 0 Å². The van der Waals surface area contributed by atoms with E-state index in [0.29, 0.717) is 17.5 Å². The predicted octanol–water partition coefficient (Wildman–Crippen LogP) is 2.45. The summed E-state index contributed by atoms with van der Waals surface area (Å²) in [5.41, 5.74) is 2.08. The predicted molar refractivity (Wildman–Crippen MR) is 80.6 cm³/mol. The van der Waals surface area contributed by atoms with E-state index in [9.17, 15) is 4.79 Å². The summed E-state index contributed by atoms with van der Waals surface area (Å²) in [5, 5.41) is 6.17. The number of carbonyl (C=O) groups excluding carboxylic acids is 1. The van der Waals surface area contributed by atoms with Gasteiger partial charge in [0, 0.05) is 29.7 Å². The van der Waals surface area contributed by atoms with Crippen molar-refractivity contribution in [1.82, 2.24) is 10.3 Å². The number of ether oxygens (including phenoxy) is 2. The SMILES string of the molecule is O=C(NC1CC1)c1cc(Nc2ccc3c(c2)OCO3)ccn1. The average molecular weight is 297 g/mol. The Morgan fingerprint density at radius 3 is 2.77 bits per heavy atom. The molecule has 0 radical (unpaired) electrons. The van der Waals surface area contributed by atoms with Crippen LogP contribution in [-0.2, 0) is 0 Å². The van der Waals surface area contributed by atoms with Crippen molar-refractivity contribution in [2.45, 2.75) is 18.9 Å². The van der Waals surface area contributed by atoms with Crippen molar-refractivity contribution in [3.05, 3.63) is 42.2 Å². The molecule has 1 aromatic heterocycles. The summed E-state index contributed by atoms with van der Waals surface area (Å²) in [4.78, 5) is 16.1. The minimum atomic E-state index is -0.128. The lowest BCUT2D eigenvalue weighted by Crippen LogP contribution is -2.26. The molecule has 0 bridgehead atoms. The maximum atomic E-state index is 12.0. The van der Waals surface area contributed by atoms with Crippen molar-refractivity contribution in [2.75, 3.05) is 12.1 Å². The van der Waals surface area contributed by atoms with Gasteiger partial charge in [-0.2, -0.15) is 0 Å². The first-order valence-electron chi connectivity index (χ1n) is 7.21. The van der Waals surface area contributed by atoms with Gasteiger partial charge in [-0.3, -0.25) is 9.78 Å². The first-order valence-corrected chi connectivity index (χ1v) is 7.21. The number of amides is 1. The zero-order valence-corrected chi connectivity index (χ0v) is 11.8. The molecule has 6 nitrogen and oxygen atoms in total. The molecule has 22 heavy (non-hydrogen) atoms.